The minimum atomic E-state index is -4.61. The van der Waals surface area contributed by atoms with E-state index in [1.165, 1.54) is 13.8 Å². The summed E-state index contributed by atoms with van der Waals surface area (Å²) in [6, 6.07) is -0.140. The summed E-state index contributed by atoms with van der Waals surface area (Å²) in [5.74, 6) is -1.54. The fourth-order valence-corrected chi connectivity index (χ4v) is 2.00. The molecule has 1 nitrogen and oxygen atoms in total. The topological polar surface area (TPSA) is 12.0 Å². The van der Waals surface area contributed by atoms with Crippen molar-refractivity contribution in [3.05, 3.63) is 0 Å². The van der Waals surface area contributed by atoms with Gasteiger partial charge in [-0.1, -0.05) is 6.92 Å². The molecule has 0 amide bonds. The lowest BCUT2D eigenvalue weighted by atomic mass is 9.81. The van der Waals surface area contributed by atoms with Gasteiger partial charge in [0.2, 0.25) is 0 Å². The zero-order valence-corrected chi connectivity index (χ0v) is 11.5. The summed E-state index contributed by atoms with van der Waals surface area (Å²) < 4.78 is 74.6. The second-order valence-electron chi connectivity index (χ2n) is 5.51. The van der Waals surface area contributed by atoms with Crippen LogP contribution in [0.25, 0.3) is 0 Å². The van der Waals surface area contributed by atoms with E-state index >= 15 is 0 Å². The summed E-state index contributed by atoms with van der Waals surface area (Å²) in [6.07, 6.45) is -11.5. The Hall–Kier alpha value is -0.460. The molecule has 0 aliphatic rings. The molecular formula is C12H21F6N. The van der Waals surface area contributed by atoms with E-state index in [1.807, 2.05) is 6.92 Å². The highest BCUT2D eigenvalue weighted by Gasteiger charge is 2.45. The van der Waals surface area contributed by atoms with Gasteiger partial charge in [0.25, 0.3) is 0 Å². The average molecular weight is 293 g/mol. The molecule has 0 heterocycles. The molecule has 0 saturated heterocycles. The van der Waals surface area contributed by atoms with E-state index in [0.717, 1.165) is 0 Å². The maximum atomic E-state index is 12.4. The Bertz CT molecular complexity index is 252. The fourth-order valence-electron chi connectivity index (χ4n) is 2.00. The molecule has 0 aliphatic heterocycles. The number of hydrogen-bond donors (Lipinski definition) is 1. The number of nitrogens with one attached hydrogen (secondary N) is 1. The Balaban J connectivity index is 4.99. The highest BCUT2D eigenvalue weighted by atomic mass is 19.4. The standard InChI is InChI=1S/C12H21F6N/c1-5-8(2)19-10(3,4)9(6-11(13,14)15)7-12(16,17)18/h8-9,19H,5-7H2,1-4H3. The lowest BCUT2D eigenvalue weighted by Crippen LogP contribution is -2.52. The SMILES string of the molecule is CCC(C)NC(C)(C)C(CC(F)(F)F)CC(F)(F)F. The first kappa shape index (κ1) is 18.5. The van der Waals surface area contributed by atoms with Crippen molar-refractivity contribution in [2.45, 2.75) is 70.9 Å². The molecule has 0 saturated carbocycles. The van der Waals surface area contributed by atoms with Crippen molar-refractivity contribution in [1.29, 1.82) is 0 Å². The van der Waals surface area contributed by atoms with E-state index in [9.17, 15) is 26.3 Å². The Morgan fingerprint density at radius 1 is 0.895 bits per heavy atom. The van der Waals surface area contributed by atoms with Gasteiger partial charge in [-0.15, -0.1) is 0 Å². The van der Waals surface area contributed by atoms with Gasteiger partial charge in [-0.05, 0) is 33.1 Å². The summed E-state index contributed by atoms with van der Waals surface area (Å²) in [5, 5.41) is 2.85. The Labute approximate surface area is 109 Å². The smallest absolute Gasteiger partial charge is 0.309 e. The molecule has 0 radical (unpaired) electrons. The van der Waals surface area contributed by atoms with Gasteiger partial charge in [-0.25, -0.2) is 0 Å². The van der Waals surface area contributed by atoms with E-state index in [2.05, 4.69) is 5.32 Å². The third-order valence-electron chi connectivity index (χ3n) is 3.21. The van der Waals surface area contributed by atoms with Crippen molar-refractivity contribution in [2.24, 2.45) is 5.92 Å². The minimum Gasteiger partial charge on any atom is -0.309 e. The normalized spacial score (nSPS) is 15.9. The molecule has 0 aliphatic carbocycles. The molecule has 1 atom stereocenters. The number of hydrogen-bond acceptors (Lipinski definition) is 1. The van der Waals surface area contributed by atoms with Gasteiger partial charge in [-0.3, -0.25) is 0 Å². The van der Waals surface area contributed by atoms with Crippen LogP contribution in [0.15, 0.2) is 0 Å². The predicted octanol–water partition coefficient (Wildman–Crippen LogP) is 4.67. The molecule has 0 aromatic heterocycles. The Morgan fingerprint density at radius 2 is 1.26 bits per heavy atom. The number of halogens is 6. The van der Waals surface area contributed by atoms with E-state index in [4.69, 9.17) is 0 Å². The summed E-state index contributed by atoms with van der Waals surface area (Å²) >= 11 is 0. The van der Waals surface area contributed by atoms with Gasteiger partial charge < -0.3 is 5.32 Å². The van der Waals surface area contributed by atoms with Crippen molar-refractivity contribution >= 4 is 0 Å². The van der Waals surface area contributed by atoms with Crippen molar-refractivity contribution < 1.29 is 26.3 Å². The molecule has 0 bridgehead atoms. The van der Waals surface area contributed by atoms with Crippen LogP contribution in [0.4, 0.5) is 26.3 Å². The maximum Gasteiger partial charge on any atom is 0.389 e. The lowest BCUT2D eigenvalue weighted by molar-refractivity contribution is -0.181. The highest BCUT2D eigenvalue weighted by molar-refractivity contribution is 4.90. The molecule has 19 heavy (non-hydrogen) atoms. The van der Waals surface area contributed by atoms with Gasteiger partial charge in [0.05, 0.1) is 0 Å². The van der Waals surface area contributed by atoms with Crippen LogP contribution in [0.1, 0.15) is 47.0 Å². The third kappa shape index (κ3) is 8.34. The van der Waals surface area contributed by atoms with E-state index < -0.39 is 36.7 Å². The summed E-state index contributed by atoms with van der Waals surface area (Å²) in [7, 11) is 0. The maximum absolute atomic E-state index is 12.4. The van der Waals surface area contributed by atoms with Crippen molar-refractivity contribution in [3.8, 4) is 0 Å². The van der Waals surface area contributed by atoms with Crippen LogP contribution in [-0.4, -0.2) is 23.9 Å². The van der Waals surface area contributed by atoms with Gasteiger partial charge in [0.15, 0.2) is 0 Å². The number of alkyl halides is 6. The highest BCUT2D eigenvalue weighted by Crippen LogP contribution is 2.38. The van der Waals surface area contributed by atoms with Crippen LogP contribution in [-0.2, 0) is 0 Å². The molecule has 116 valence electrons. The summed E-state index contributed by atoms with van der Waals surface area (Å²) in [5.41, 5.74) is -1.24. The van der Waals surface area contributed by atoms with Crippen molar-refractivity contribution in [1.82, 2.24) is 5.32 Å². The fraction of sp³-hybridized carbons (Fsp3) is 1.00. The largest absolute Gasteiger partial charge is 0.389 e. The first-order valence-electron chi connectivity index (χ1n) is 6.18. The van der Waals surface area contributed by atoms with Gasteiger partial charge in [-0.2, -0.15) is 26.3 Å². The molecule has 0 spiro atoms. The lowest BCUT2D eigenvalue weighted by Gasteiger charge is -2.38. The second kappa shape index (κ2) is 6.33. The van der Waals surface area contributed by atoms with Crippen molar-refractivity contribution in [2.75, 3.05) is 0 Å². The molecular weight excluding hydrogens is 272 g/mol. The van der Waals surface area contributed by atoms with Crippen LogP contribution >= 0.6 is 0 Å². The van der Waals surface area contributed by atoms with E-state index in [0.29, 0.717) is 6.42 Å². The van der Waals surface area contributed by atoms with Gasteiger partial charge in [0, 0.05) is 24.4 Å². The Morgan fingerprint density at radius 3 is 1.53 bits per heavy atom. The van der Waals surface area contributed by atoms with Crippen LogP contribution < -0.4 is 5.32 Å². The third-order valence-corrected chi connectivity index (χ3v) is 3.21. The molecule has 1 N–H and O–H groups in total. The molecule has 1 unspecified atom stereocenters. The van der Waals surface area contributed by atoms with E-state index in [1.54, 1.807) is 6.92 Å². The number of rotatable bonds is 6. The van der Waals surface area contributed by atoms with Crippen LogP contribution in [0.2, 0.25) is 0 Å². The second-order valence-corrected chi connectivity index (χ2v) is 5.51. The van der Waals surface area contributed by atoms with Gasteiger partial charge in [0.1, 0.15) is 0 Å². The summed E-state index contributed by atoms with van der Waals surface area (Å²) in [4.78, 5) is 0. The average Bonchev–Trinajstić information content (AvgIpc) is 2.11. The molecule has 0 aromatic rings. The minimum absolute atomic E-state index is 0.140. The molecule has 7 heteroatoms. The summed E-state index contributed by atoms with van der Waals surface area (Å²) in [6.45, 7) is 6.33. The van der Waals surface area contributed by atoms with Crippen LogP contribution in [0, 0.1) is 5.92 Å². The Kier molecular flexibility index (Phi) is 6.17. The zero-order valence-electron chi connectivity index (χ0n) is 11.5. The molecule has 0 fully saturated rings. The molecule has 0 aromatic carbocycles. The van der Waals surface area contributed by atoms with Crippen LogP contribution in [0.3, 0.4) is 0 Å². The monoisotopic (exact) mass is 293 g/mol. The molecule has 0 rings (SSSR count). The van der Waals surface area contributed by atoms with E-state index in [-0.39, 0.29) is 6.04 Å². The quantitative estimate of drug-likeness (QED) is 0.701. The first-order valence-corrected chi connectivity index (χ1v) is 6.18. The predicted molar refractivity (Wildman–Crippen MR) is 61.8 cm³/mol. The van der Waals surface area contributed by atoms with Crippen LogP contribution in [0.5, 0.6) is 0 Å². The first-order chi connectivity index (χ1) is 8.27. The van der Waals surface area contributed by atoms with Gasteiger partial charge >= 0.3 is 12.4 Å². The zero-order chi connectivity index (χ0) is 15.5. The van der Waals surface area contributed by atoms with Crippen molar-refractivity contribution in [3.63, 3.8) is 0 Å².